The zero-order chi connectivity index (χ0) is 19.1. The van der Waals surface area contributed by atoms with Crippen molar-refractivity contribution in [3.63, 3.8) is 0 Å². The molecule has 0 saturated carbocycles. The molecule has 4 nitrogen and oxygen atoms in total. The highest BCUT2D eigenvalue weighted by atomic mass is 35.5. The highest BCUT2D eigenvalue weighted by Gasteiger charge is 2.23. The van der Waals surface area contributed by atoms with Gasteiger partial charge in [-0.15, -0.1) is 0 Å². The van der Waals surface area contributed by atoms with Crippen molar-refractivity contribution in [2.75, 3.05) is 0 Å². The van der Waals surface area contributed by atoms with E-state index in [2.05, 4.69) is 5.32 Å². The number of hydrogen-bond donors (Lipinski definition) is 2. The monoisotopic (exact) mass is 373 g/mol. The van der Waals surface area contributed by atoms with Gasteiger partial charge in [0.15, 0.2) is 0 Å². The third-order valence-corrected chi connectivity index (χ3v) is 4.52. The Kier molecular flexibility index (Phi) is 7.37. The smallest absolute Gasteiger partial charge is 0.321 e. The summed E-state index contributed by atoms with van der Waals surface area (Å²) in [6, 6.07) is 14.0. The van der Waals surface area contributed by atoms with Crippen LogP contribution in [0.3, 0.4) is 0 Å². The van der Waals surface area contributed by atoms with Crippen LogP contribution in [0.2, 0.25) is 5.02 Å². The molecule has 0 aliphatic carbocycles. The lowest BCUT2D eigenvalue weighted by Gasteiger charge is -2.19. The Labute approximate surface area is 159 Å². The predicted octanol–water partition coefficient (Wildman–Crippen LogP) is 4.35. The van der Waals surface area contributed by atoms with Crippen molar-refractivity contribution in [3.05, 3.63) is 59.1 Å². The number of halogens is 1. The van der Waals surface area contributed by atoms with Gasteiger partial charge in [0.1, 0.15) is 11.8 Å². The van der Waals surface area contributed by atoms with E-state index >= 15 is 0 Å². The van der Waals surface area contributed by atoms with Gasteiger partial charge in [-0.3, -0.25) is 14.9 Å². The maximum atomic E-state index is 11.9. The van der Waals surface area contributed by atoms with Gasteiger partial charge in [0.25, 0.3) is 0 Å². The van der Waals surface area contributed by atoms with Crippen molar-refractivity contribution in [2.24, 2.45) is 0 Å². The second-order valence-corrected chi connectivity index (χ2v) is 6.84. The van der Waals surface area contributed by atoms with E-state index in [1.807, 2.05) is 55.5 Å². The Morgan fingerprint density at radius 2 is 1.81 bits per heavy atom. The lowest BCUT2D eigenvalue weighted by molar-refractivity contribution is -0.139. The van der Waals surface area contributed by atoms with E-state index < -0.39 is 18.1 Å². The van der Waals surface area contributed by atoms with E-state index in [4.69, 9.17) is 11.6 Å². The first-order chi connectivity index (χ1) is 12.4. The molecule has 2 atom stereocenters. The molecule has 2 aromatic rings. The van der Waals surface area contributed by atoms with Gasteiger partial charge in [-0.05, 0) is 48.6 Å². The molecule has 26 heavy (non-hydrogen) atoms. The number of nitrogens with one attached hydrogen (secondary N) is 1. The number of ketones is 1. The van der Waals surface area contributed by atoms with Crippen LogP contribution in [0, 0.1) is 0 Å². The number of benzene rings is 2. The van der Waals surface area contributed by atoms with Crippen LogP contribution in [0.1, 0.15) is 32.3 Å². The topological polar surface area (TPSA) is 66.4 Å². The fourth-order valence-electron chi connectivity index (χ4n) is 2.81. The fourth-order valence-corrected chi connectivity index (χ4v) is 3.00. The summed E-state index contributed by atoms with van der Waals surface area (Å²) in [5.74, 6) is -0.921. The van der Waals surface area contributed by atoms with Crippen molar-refractivity contribution in [3.8, 4) is 11.1 Å². The fraction of sp³-hybridized carbons (Fsp3) is 0.333. The number of rotatable bonds is 9. The number of carbonyl (C=O) groups excluding carboxylic acids is 1. The highest BCUT2D eigenvalue weighted by molar-refractivity contribution is 6.30. The van der Waals surface area contributed by atoms with Crippen molar-refractivity contribution in [1.29, 1.82) is 0 Å². The molecule has 0 saturated heterocycles. The first-order valence-corrected chi connectivity index (χ1v) is 9.15. The van der Waals surface area contributed by atoms with Gasteiger partial charge in [-0.25, -0.2) is 0 Å². The molecule has 0 bridgehead atoms. The van der Waals surface area contributed by atoms with Gasteiger partial charge < -0.3 is 5.11 Å². The van der Waals surface area contributed by atoms with Crippen LogP contribution in [-0.2, 0) is 16.0 Å². The standard InChI is InChI=1S/C21H24ClNO3/c1-3-5-20(24)14(2)23-19(21(25)26)12-15-8-10-16(11-9-15)17-6-4-7-18(22)13-17/h4,6-11,13-14,19,23H,3,5,12H2,1-2H3,(H,25,26). The predicted molar refractivity (Wildman–Crippen MR) is 105 cm³/mol. The Bertz CT molecular complexity index is 758. The van der Waals surface area contributed by atoms with Gasteiger partial charge in [0.2, 0.25) is 0 Å². The second-order valence-electron chi connectivity index (χ2n) is 6.41. The van der Waals surface area contributed by atoms with Crippen molar-refractivity contribution in [2.45, 2.75) is 45.2 Å². The average Bonchev–Trinajstić information content (AvgIpc) is 2.61. The lowest BCUT2D eigenvalue weighted by atomic mass is 10.00. The molecule has 5 heteroatoms. The van der Waals surface area contributed by atoms with E-state index in [0.29, 0.717) is 17.9 Å². The molecule has 0 aromatic heterocycles. The van der Waals surface area contributed by atoms with Gasteiger partial charge >= 0.3 is 5.97 Å². The molecule has 0 amide bonds. The van der Waals surface area contributed by atoms with Crippen molar-refractivity contribution < 1.29 is 14.7 Å². The molecular weight excluding hydrogens is 350 g/mol. The van der Waals surface area contributed by atoms with E-state index in [1.165, 1.54) is 0 Å². The van der Waals surface area contributed by atoms with E-state index in [-0.39, 0.29) is 5.78 Å². The molecule has 0 heterocycles. The average molecular weight is 374 g/mol. The molecule has 2 N–H and O–H groups in total. The van der Waals surface area contributed by atoms with E-state index in [9.17, 15) is 14.7 Å². The number of aliphatic carboxylic acids is 1. The summed E-state index contributed by atoms with van der Waals surface area (Å²) in [6.45, 7) is 3.65. The summed E-state index contributed by atoms with van der Waals surface area (Å²) < 4.78 is 0. The van der Waals surface area contributed by atoms with E-state index in [0.717, 1.165) is 23.1 Å². The molecular formula is C21H24ClNO3. The van der Waals surface area contributed by atoms with Crippen LogP contribution in [-0.4, -0.2) is 28.9 Å². The Balaban J connectivity index is 2.07. The van der Waals surface area contributed by atoms with Crippen LogP contribution in [0.5, 0.6) is 0 Å². The maximum absolute atomic E-state index is 11.9. The van der Waals surface area contributed by atoms with Crippen LogP contribution >= 0.6 is 11.6 Å². The molecule has 0 aliphatic heterocycles. The van der Waals surface area contributed by atoms with Crippen LogP contribution in [0.4, 0.5) is 0 Å². The first-order valence-electron chi connectivity index (χ1n) is 8.77. The normalized spacial score (nSPS) is 13.2. The summed E-state index contributed by atoms with van der Waals surface area (Å²) in [5.41, 5.74) is 2.92. The third kappa shape index (κ3) is 5.68. The molecule has 0 aliphatic rings. The first kappa shape index (κ1) is 20.1. The molecule has 0 radical (unpaired) electrons. The van der Waals surface area contributed by atoms with Crippen LogP contribution in [0.15, 0.2) is 48.5 Å². The summed E-state index contributed by atoms with van der Waals surface area (Å²) in [7, 11) is 0. The minimum absolute atomic E-state index is 0.0371. The number of carboxylic acid groups (broad SMARTS) is 1. The molecule has 138 valence electrons. The van der Waals surface area contributed by atoms with Crippen LogP contribution in [0.25, 0.3) is 11.1 Å². The summed E-state index contributed by atoms with van der Waals surface area (Å²) in [4.78, 5) is 23.5. The summed E-state index contributed by atoms with van der Waals surface area (Å²) in [6.07, 6.45) is 1.53. The molecule has 0 spiro atoms. The zero-order valence-corrected chi connectivity index (χ0v) is 15.8. The zero-order valence-electron chi connectivity index (χ0n) is 15.0. The van der Waals surface area contributed by atoms with Gasteiger partial charge in [0, 0.05) is 11.4 Å². The molecule has 2 unspecified atom stereocenters. The maximum Gasteiger partial charge on any atom is 0.321 e. The highest BCUT2D eigenvalue weighted by Crippen LogP contribution is 2.23. The van der Waals surface area contributed by atoms with Crippen molar-refractivity contribution in [1.82, 2.24) is 5.32 Å². The Hall–Kier alpha value is -2.17. The number of carbonyl (C=O) groups is 2. The summed E-state index contributed by atoms with van der Waals surface area (Å²) in [5, 5.41) is 13.1. The van der Waals surface area contributed by atoms with Gasteiger partial charge in [-0.2, -0.15) is 0 Å². The number of hydrogen-bond acceptors (Lipinski definition) is 3. The van der Waals surface area contributed by atoms with Crippen LogP contribution < -0.4 is 5.32 Å². The molecule has 2 aromatic carbocycles. The lowest BCUT2D eigenvalue weighted by Crippen LogP contribution is -2.46. The largest absolute Gasteiger partial charge is 0.480 e. The summed E-state index contributed by atoms with van der Waals surface area (Å²) >= 11 is 6.02. The minimum Gasteiger partial charge on any atom is -0.480 e. The quantitative estimate of drug-likeness (QED) is 0.685. The van der Waals surface area contributed by atoms with Crippen molar-refractivity contribution >= 4 is 23.4 Å². The Morgan fingerprint density at radius 3 is 2.38 bits per heavy atom. The minimum atomic E-state index is -0.958. The SMILES string of the molecule is CCCC(=O)C(C)NC(Cc1ccc(-c2cccc(Cl)c2)cc1)C(=O)O. The number of carboxylic acids is 1. The Morgan fingerprint density at radius 1 is 1.12 bits per heavy atom. The number of Topliss-reactive ketones (excluding diaryl/α,β-unsaturated/α-hetero) is 1. The second kappa shape index (κ2) is 9.51. The molecule has 2 rings (SSSR count). The third-order valence-electron chi connectivity index (χ3n) is 4.28. The van der Waals surface area contributed by atoms with E-state index in [1.54, 1.807) is 6.92 Å². The van der Waals surface area contributed by atoms with Gasteiger partial charge in [0.05, 0.1) is 6.04 Å². The molecule has 0 fully saturated rings. The van der Waals surface area contributed by atoms with Gasteiger partial charge in [-0.1, -0.05) is 54.9 Å².